The highest BCUT2D eigenvalue weighted by Gasteiger charge is 2.14. The van der Waals surface area contributed by atoms with Gasteiger partial charge in [0.15, 0.2) is 5.75 Å². The minimum atomic E-state index is 0.178. The molecule has 9 heteroatoms. The predicted octanol–water partition coefficient (Wildman–Crippen LogP) is 4.48. The van der Waals surface area contributed by atoms with Crippen molar-refractivity contribution in [3.05, 3.63) is 59.3 Å². The molecule has 6 rings (SSSR count). The van der Waals surface area contributed by atoms with Crippen molar-refractivity contribution in [2.24, 2.45) is 0 Å². The van der Waals surface area contributed by atoms with Crippen LogP contribution in [0.4, 0.5) is 5.69 Å². The van der Waals surface area contributed by atoms with Crippen LogP contribution in [0.25, 0.3) is 17.0 Å². The highest BCUT2D eigenvalue weighted by atomic mass is 16.3. The Morgan fingerprint density at radius 3 is 2.16 bits per heavy atom. The Morgan fingerprint density at radius 1 is 0.784 bits per heavy atom. The number of nitrogens with zero attached hydrogens (tertiary/aromatic N) is 8. The molecule has 0 amide bonds. The lowest BCUT2D eigenvalue weighted by Gasteiger charge is -2.25. The van der Waals surface area contributed by atoms with Gasteiger partial charge in [-0.15, -0.1) is 5.10 Å². The molecule has 0 saturated carbocycles. The number of rotatable bonds is 4. The van der Waals surface area contributed by atoms with Gasteiger partial charge in [0, 0.05) is 30.9 Å². The van der Waals surface area contributed by atoms with Crippen LogP contribution in [-0.4, -0.2) is 66.0 Å². The summed E-state index contributed by atoms with van der Waals surface area (Å²) in [5, 5.41) is 22.6. The Bertz CT molecular complexity index is 1320. The molecule has 0 aliphatic carbocycles. The van der Waals surface area contributed by atoms with Crippen molar-refractivity contribution in [3.8, 4) is 17.0 Å². The van der Waals surface area contributed by atoms with E-state index in [1.54, 1.807) is 20.8 Å². The maximum absolute atomic E-state index is 9.56. The summed E-state index contributed by atoms with van der Waals surface area (Å²) < 4.78 is 1.54. The molecule has 0 bridgehead atoms. The number of piperidine rings is 1. The van der Waals surface area contributed by atoms with Gasteiger partial charge in [0.05, 0.1) is 22.8 Å². The number of benzene rings is 1. The van der Waals surface area contributed by atoms with E-state index < -0.39 is 0 Å². The van der Waals surface area contributed by atoms with Crippen LogP contribution < -0.4 is 4.90 Å². The largest absolute Gasteiger partial charge is 0.504 e. The van der Waals surface area contributed by atoms with Gasteiger partial charge in [0.2, 0.25) is 0 Å². The normalized spacial score (nSPS) is 16.1. The molecule has 5 heterocycles. The van der Waals surface area contributed by atoms with Gasteiger partial charge >= 0.3 is 0 Å². The first-order chi connectivity index (χ1) is 18.0. The number of likely N-dealkylation sites (tertiary alicyclic amines) is 1. The monoisotopic (exact) mass is 500 g/mol. The van der Waals surface area contributed by atoms with E-state index in [1.807, 2.05) is 0 Å². The van der Waals surface area contributed by atoms with Crippen molar-refractivity contribution in [1.82, 2.24) is 34.7 Å². The smallest absolute Gasteiger partial charge is 0.253 e. The average Bonchev–Trinajstić information content (AvgIpc) is 3.59. The van der Waals surface area contributed by atoms with Crippen LogP contribution in [0.1, 0.15) is 55.0 Å². The van der Waals surface area contributed by atoms with Gasteiger partial charge in [-0.2, -0.15) is 19.7 Å². The van der Waals surface area contributed by atoms with E-state index in [1.165, 1.54) is 68.5 Å². The first-order valence-electron chi connectivity index (χ1n) is 13.3. The van der Waals surface area contributed by atoms with Crippen molar-refractivity contribution < 1.29 is 5.11 Å². The van der Waals surface area contributed by atoms with Gasteiger partial charge in [-0.3, -0.25) is 4.90 Å². The maximum Gasteiger partial charge on any atom is 0.253 e. The fourth-order valence-corrected chi connectivity index (χ4v) is 5.03. The fraction of sp³-hybridized carbons (Fsp3) is 0.464. The number of aromatic hydroxyl groups is 1. The Kier molecular flexibility index (Phi) is 7.60. The zero-order valence-electron chi connectivity index (χ0n) is 22.1. The van der Waals surface area contributed by atoms with Crippen molar-refractivity contribution in [2.45, 2.75) is 59.4 Å². The van der Waals surface area contributed by atoms with E-state index in [9.17, 15) is 5.11 Å². The number of anilines is 1. The van der Waals surface area contributed by atoms with Crippen LogP contribution in [0.3, 0.4) is 0 Å². The number of hydrogen-bond donors (Lipinski definition) is 1. The van der Waals surface area contributed by atoms with Crippen LogP contribution in [0.15, 0.2) is 36.4 Å². The molecule has 0 atom stereocenters. The number of aromatic nitrogens is 6. The molecular weight excluding hydrogens is 464 g/mol. The van der Waals surface area contributed by atoms with E-state index in [2.05, 4.69) is 71.5 Å². The standard InChI is InChI=1S/C20H26N4.C8H10N4O/c1-2-12-23(13-3-1)16-18-8-11-20(22-21-18)17-6-9-19(10-7-17)24-14-4-5-15-24;1-4-7(13)5(2)12-8(9-4)10-6(3)11-12/h6-11H,1-5,12-16H2;13H,1-3H3. The van der Waals surface area contributed by atoms with Gasteiger partial charge < -0.3 is 10.0 Å². The zero-order valence-corrected chi connectivity index (χ0v) is 22.1. The molecule has 2 saturated heterocycles. The topological polar surface area (TPSA) is 95.6 Å². The lowest BCUT2D eigenvalue weighted by Crippen LogP contribution is -2.29. The summed E-state index contributed by atoms with van der Waals surface area (Å²) in [6, 6.07) is 13.0. The molecule has 0 unspecified atom stereocenters. The SMILES string of the molecule is Cc1nc2nc(C)c(O)c(C)n2n1.c1cc(N2CCCC2)ccc1-c1ccc(CN2CCCCC2)nn1. The van der Waals surface area contributed by atoms with Crippen molar-refractivity contribution in [2.75, 3.05) is 31.1 Å². The van der Waals surface area contributed by atoms with Crippen LogP contribution in [0.5, 0.6) is 5.75 Å². The van der Waals surface area contributed by atoms with Gasteiger partial charge in [-0.05, 0) is 83.8 Å². The highest BCUT2D eigenvalue weighted by molar-refractivity contribution is 5.63. The molecule has 2 aliphatic heterocycles. The van der Waals surface area contributed by atoms with Gasteiger partial charge in [-0.1, -0.05) is 18.6 Å². The predicted molar refractivity (Wildman–Crippen MR) is 145 cm³/mol. The summed E-state index contributed by atoms with van der Waals surface area (Å²) >= 11 is 0. The Hall–Kier alpha value is -3.59. The van der Waals surface area contributed by atoms with Crippen LogP contribution in [-0.2, 0) is 6.54 Å². The average molecular weight is 501 g/mol. The molecule has 0 radical (unpaired) electrons. The Labute approximate surface area is 218 Å². The van der Waals surface area contributed by atoms with Gasteiger partial charge in [0.1, 0.15) is 5.82 Å². The highest BCUT2D eigenvalue weighted by Crippen LogP contribution is 2.24. The van der Waals surface area contributed by atoms with E-state index >= 15 is 0 Å². The van der Waals surface area contributed by atoms with Crippen molar-refractivity contribution in [3.63, 3.8) is 0 Å². The van der Waals surface area contributed by atoms with Crippen LogP contribution >= 0.6 is 0 Å². The fourth-order valence-electron chi connectivity index (χ4n) is 5.03. The second-order valence-electron chi connectivity index (χ2n) is 9.99. The second-order valence-corrected chi connectivity index (χ2v) is 9.99. The molecule has 3 aromatic heterocycles. The van der Waals surface area contributed by atoms with E-state index in [4.69, 9.17) is 0 Å². The summed E-state index contributed by atoms with van der Waals surface area (Å²) in [5.74, 6) is 1.36. The summed E-state index contributed by atoms with van der Waals surface area (Å²) in [6.07, 6.45) is 6.62. The first kappa shape index (κ1) is 25.1. The van der Waals surface area contributed by atoms with E-state index in [0.717, 1.165) is 23.5 Å². The Morgan fingerprint density at radius 2 is 1.49 bits per heavy atom. The lowest BCUT2D eigenvalue weighted by molar-refractivity contribution is 0.218. The molecular formula is C28H36N8O. The lowest BCUT2D eigenvalue weighted by atomic mass is 10.1. The van der Waals surface area contributed by atoms with Gasteiger partial charge in [-0.25, -0.2) is 4.98 Å². The first-order valence-corrected chi connectivity index (χ1v) is 13.3. The summed E-state index contributed by atoms with van der Waals surface area (Å²) in [5.41, 5.74) is 5.76. The van der Waals surface area contributed by atoms with E-state index in [0.29, 0.717) is 23.0 Å². The molecule has 2 aliphatic rings. The maximum atomic E-state index is 9.56. The summed E-state index contributed by atoms with van der Waals surface area (Å²) in [6.45, 7) is 11.0. The summed E-state index contributed by atoms with van der Waals surface area (Å²) in [4.78, 5) is 13.1. The zero-order chi connectivity index (χ0) is 25.8. The molecule has 1 N–H and O–H groups in total. The number of hydrogen-bond acceptors (Lipinski definition) is 8. The third kappa shape index (κ3) is 5.88. The quantitative estimate of drug-likeness (QED) is 0.438. The second kappa shape index (κ2) is 11.2. The van der Waals surface area contributed by atoms with Crippen molar-refractivity contribution >= 4 is 11.5 Å². The molecule has 1 aromatic carbocycles. The molecule has 9 nitrogen and oxygen atoms in total. The van der Waals surface area contributed by atoms with E-state index in [-0.39, 0.29) is 5.75 Å². The molecule has 4 aromatic rings. The van der Waals surface area contributed by atoms with Crippen LogP contribution in [0.2, 0.25) is 0 Å². The number of fused-ring (bicyclic) bond motifs is 1. The number of aryl methyl sites for hydroxylation is 3. The third-order valence-corrected chi connectivity index (χ3v) is 7.16. The molecule has 37 heavy (non-hydrogen) atoms. The summed E-state index contributed by atoms with van der Waals surface area (Å²) in [7, 11) is 0. The molecule has 194 valence electrons. The van der Waals surface area contributed by atoms with Crippen molar-refractivity contribution in [1.29, 1.82) is 0 Å². The van der Waals surface area contributed by atoms with Gasteiger partial charge in [0.25, 0.3) is 5.78 Å². The Balaban J connectivity index is 0.000000182. The minimum Gasteiger partial charge on any atom is -0.504 e. The molecule has 2 fully saturated rings. The third-order valence-electron chi connectivity index (χ3n) is 7.16. The molecule has 0 spiro atoms. The van der Waals surface area contributed by atoms with Crippen LogP contribution in [0, 0.1) is 20.8 Å². The minimum absolute atomic E-state index is 0.178.